The molecule has 1 amide bonds. The number of carbonyl (C=O) groups is 1. The number of fused-ring (bicyclic) bond motifs is 1. The van der Waals surface area contributed by atoms with Crippen LogP contribution in [0, 0.1) is 5.92 Å². The molecule has 152 valence electrons. The largest absolute Gasteiger partial charge is 0.493 e. The van der Waals surface area contributed by atoms with Crippen molar-refractivity contribution < 1.29 is 9.53 Å². The predicted octanol–water partition coefficient (Wildman–Crippen LogP) is 2.14. The molecule has 0 saturated carbocycles. The molecule has 6 rings (SSSR count). The number of hydrogen-bond donors (Lipinski definition) is 1. The molecule has 0 aromatic heterocycles. The minimum atomic E-state index is -0.0329. The monoisotopic (exact) mass is 391 g/mol. The number of carbonyl (C=O) groups excluding carboxylic acids is 1. The lowest BCUT2D eigenvalue weighted by atomic mass is 9.64. The van der Waals surface area contributed by atoms with Crippen LogP contribution in [-0.2, 0) is 10.2 Å². The van der Waals surface area contributed by atoms with Crippen LogP contribution >= 0.6 is 0 Å². The van der Waals surface area contributed by atoms with Gasteiger partial charge in [-0.2, -0.15) is 0 Å². The Morgan fingerprint density at radius 1 is 0.966 bits per heavy atom. The summed E-state index contributed by atoms with van der Waals surface area (Å²) in [5.41, 5.74) is 1.32. The Kier molecular flexibility index (Phi) is 5.02. The molecule has 2 unspecified atom stereocenters. The summed E-state index contributed by atoms with van der Waals surface area (Å²) in [7, 11) is 0. The second-order valence-electron chi connectivity index (χ2n) is 8.71. The van der Waals surface area contributed by atoms with Gasteiger partial charge in [-0.15, -0.1) is 0 Å². The van der Waals surface area contributed by atoms with E-state index in [4.69, 9.17) is 4.74 Å². The van der Waals surface area contributed by atoms with Gasteiger partial charge in [0, 0.05) is 56.6 Å². The molecular weight excluding hydrogens is 362 g/mol. The summed E-state index contributed by atoms with van der Waals surface area (Å²) in [6.07, 6.45) is 0.385. The van der Waals surface area contributed by atoms with Gasteiger partial charge in [-0.05, 0) is 17.7 Å². The third-order valence-electron chi connectivity index (χ3n) is 6.80. The SMILES string of the molecule is O=C(CCOc1ccccc1)N[C@@H]1C2CN3CCN(C2)CC1(c1ccccc1)C3. The molecule has 1 N–H and O–H groups in total. The minimum absolute atomic E-state index is 0.0329. The summed E-state index contributed by atoms with van der Waals surface area (Å²) in [5, 5.41) is 3.44. The number of ether oxygens (including phenoxy) is 1. The van der Waals surface area contributed by atoms with E-state index in [0.717, 1.165) is 45.0 Å². The molecule has 4 saturated heterocycles. The van der Waals surface area contributed by atoms with Gasteiger partial charge in [0.2, 0.25) is 5.91 Å². The van der Waals surface area contributed by atoms with Crippen molar-refractivity contribution in [2.75, 3.05) is 45.9 Å². The van der Waals surface area contributed by atoms with Crippen LogP contribution in [0.1, 0.15) is 12.0 Å². The highest BCUT2D eigenvalue weighted by atomic mass is 16.5. The second kappa shape index (κ2) is 7.81. The lowest BCUT2D eigenvalue weighted by Crippen LogP contribution is -2.70. The van der Waals surface area contributed by atoms with Crippen molar-refractivity contribution in [2.45, 2.75) is 17.9 Å². The number of para-hydroxylation sites is 1. The number of nitrogens with zero attached hydrogens (tertiary/aromatic N) is 2. The molecule has 2 aromatic carbocycles. The molecular formula is C24H29N3O2. The maximum absolute atomic E-state index is 12.9. The standard InChI is InChI=1S/C24H29N3O2/c28-22(11-14-29-21-9-5-2-6-10-21)25-23-19-15-26-12-13-27(16-19)18-24(23,17-26)20-7-3-1-4-8-20/h1-10,19,23H,11-18H2,(H,25,28)/t19?,23-,24?/m1/s1. The minimum Gasteiger partial charge on any atom is -0.493 e. The van der Waals surface area contributed by atoms with E-state index in [1.807, 2.05) is 30.3 Å². The first kappa shape index (κ1) is 18.6. The van der Waals surface area contributed by atoms with E-state index in [1.165, 1.54) is 5.56 Å². The first-order valence-electron chi connectivity index (χ1n) is 10.7. The summed E-state index contributed by atoms with van der Waals surface area (Å²) < 4.78 is 5.74. The highest BCUT2D eigenvalue weighted by Gasteiger charge is 2.55. The molecule has 5 nitrogen and oxygen atoms in total. The van der Waals surface area contributed by atoms with Gasteiger partial charge in [0.15, 0.2) is 0 Å². The summed E-state index contributed by atoms with van der Waals surface area (Å²) in [4.78, 5) is 18.1. The smallest absolute Gasteiger partial charge is 0.223 e. The predicted molar refractivity (Wildman–Crippen MR) is 113 cm³/mol. The van der Waals surface area contributed by atoms with Crippen LogP contribution in [0.15, 0.2) is 60.7 Å². The first-order chi connectivity index (χ1) is 14.2. The summed E-state index contributed by atoms with van der Waals surface area (Å²) in [6, 6.07) is 20.7. The normalized spacial score (nSPS) is 32.6. The van der Waals surface area contributed by atoms with Crippen molar-refractivity contribution >= 4 is 5.91 Å². The third kappa shape index (κ3) is 3.65. The molecule has 3 atom stereocenters. The van der Waals surface area contributed by atoms with Crippen LogP contribution in [0.4, 0.5) is 0 Å². The Morgan fingerprint density at radius 2 is 1.59 bits per heavy atom. The number of hydrogen-bond acceptors (Lipinski definition) is 4. The Balaban J connectivity index is 1.32. The van der Waals surface area contributed by atoms with Crippen LogP contribution in [-0.4, -0.2) is 67.6 Å². The zero-order valence-electron chi connectivity index (χ0n) is 16.8. The first-order valence-corrected chi connectivity index (χ1v) is 10.7. The van der Waals surface area contributed by atoms with Gasteiger partial charge in [-0.3, -0.25) is 4.79 Å². The Bertz CT molecular complexity index is 826. The number of benzene rings is 2. The molecule has 0 radical (unpaired) electrons. The van der Waals surface area contributed by atoms with Crippen LogP contribution in [0.5, 0.6) is 5.75 Å². The maximum Gasteiger partial charge on any atom is 0.223 e. The highest BCUT2D eigenvalue weighted by Crippen LogP contribution is 2.43. The van der Waals surface area contributed by atoms with Crippen molar-refractivity contribution in [3.05, 3.63) is 66.2 Å². The van der Waals surface area contributed by atoms with Gasteiger partial charge < -0.3 is 19.9 Å². The van der Waals surface area contributed by atoms with Gasteiger partial charge in [0.1, 0.15) is 5.75 Å². The van der Waals surface area contributed by atoms with Gasteiger partial charge in [-0.1, -0.05) is 48.5 Å². The molecule has 5 heteroatoms. The molecule has 4 heterocycles. The average molecular weight is 392 g/mol. The van der Waals surface area contributed by atoms with E-state index in [-0.39, 0.29) is 17.4 Å². The van der Waals surface area contributed by atoms with E-state index in [2.05, 4.69) is 45.4 Å². The lowest BCUT2D eigenvalue weighted by molar-refractivity contribution is -0.125. The van der Waals surface area contributed by atoms with Crippen molar-refractivity contribution in [3.63, 3.8) is 0 Å². The third-order valence-corrected chi connectivity index (χ3v) is 6.80. The van der Waals surface area contributed by atoms with Crippen LogP contribution in [0.25, 0.3) is 0 Å². The van der Waals surface area contributed by atoms with Gasteiger partial charge in [-0.25, -0.2) is 0 Å². The fourth-order valence-corrected chi connectivity index (χ4v) is 5.59. The van der Waals surface area contributed by atoms with Crippen LogP contribution in [0.2, 0.25) is 0 Å². The highest BCUT2D eigenvalue weighted by molar-refractivity contribution is 5.76. The molecule has 4 aliphatic rings. The van der Waals surface area contributed by atoms with Gasteiger partial charge in [0.05, 0.1) is 13.0 Å². The molecule has 4 bridgehead atoms. The quantitative estimate of drug-likeness (QED) is 0.820. The van der Waals surface area contributed by atoms with E-state index in [0.29, 0.717) is 18.9 Å². The summed E-state index contributed by atoms with van der Waals surface area (Å²) in [6.45, 7) is 6.88. The number of amides is 1. The van der Waals surface area contributed by atoms with E-state index in [1.54, 1.807) is 0 Å². The molecule has 29 heavy (non-hydrogen) atoms. The Labute approximate surface area is 172 Å². The molecule has 4 aliphatic heterocycles. The van der Waals surface area contributed by atoms with Crippen LogP contribution in [0.3, 0.4) is 0 Å². The average Bonchev–Trinajstić information content (AvgIpc) is 3.00. The zero-order valence-corrected chi connectivity index (χ0v) is 16.8. The van der Waals surface area contributed by atoms with E-state index < -0.39 is 0 Å². The molecule has 0 aliphatic carbocycles. The number of piperidine rings is 2. The molecule has 4 fully saturated rings. The van der Waals surface area contributed by atoms with Gasteiger partial charge in [0.25, 0.3) is 0 Å². The van der Waals surface area contributed by atoms with Gasteiger partial charge >= 0.3 is 0 Å². The lowest BCUT2D eigenvalue weighted by Gasteiger charge is -2.55. The molecule has 2 aromatic rings. The van der Waals surface area contributed by atoms with Crippen molar-refractivity contribution in [3.8, 4) is 5.75 Å². The second-order valence-corrected chi connectivity index (χ2v) is 8.71. The summed E-state index contributed by atoms with van der Waals surface area (Å²) in [5.74, 6) is 1.38. The van der Waals surface area contributed by atoms with Crippen molar-refractivity contribution in [2.24, 2.45) is 5.92 Å². The van der Waals surface area contributed by atoms with E-state index >= 15 is 0 Å². The topological polar surface area (TPSA) is 44.8 Å². The zero-order chi connectivity index (χ0) is 19.7. The van der Waals surface area contributed by atoms with Crippen LogP contribution < -0.4 is 10.1 Å². The fraction of sp³-hybridized carbons (Fsp3) is 0.458. The van der Waals surface area contributed by atoms with E-state index in [9.17, 15) is 4.79 Å². The number of rotatable bonds is 6. The summed E-state index contributed by atoms with van der Waals surface area (Å²) >= 11 is 0. The Hall–Kier alpha value is -2.37. The van der Waals surface area contributed by atoms with Crippen molar-refractivity contribution in [1.82, 2.24) is 15.1 Å². The Morgan fingerprint density at radius 3 is 2.24 bits per heavy atom. The van der Waals surface area contributed by atoms with Crippen molar-refractivity contribution in [1.29, 1.82) is 0 Å². The maximum atomic E-state index is 12.9. The number of nitrogens with one attached hydrogen (secondary N) is 1. The fourth-order valence-electron chi connectivity index (χ4n) is 5.59. The molecule has 0 spiro atoms.